The second kappa shape index (κ2) is 14.9. The molecule has 0 amide bonds. The van der Waals surface area contributed by atoms with Gasteiger partial charge in [-0.05, 0) is 42.6 Å². The maximum Gasteiger partial charge on any atom is 0.0195 e. The smallest absolute Gasteiger partial charge is 0.0195 e. The zero-order chi connectivity index (χ0) is 23.2. The molecule has 0 spiro atoms. The number of para-hydroxylation sites is 1. The SMILES string of the molecule is CCCc1cccc(C(C)C)c1[N-]C(c1cccc(-c2[c-]cccc2)n1)c1ccccc1C.[CH3-].[CH3-].[Hf]. The van der Waals surface area contributed by atoms with Gasteiger partial charge in [-0.1, -0.05) is 98.5 Å². The summed E-state index contributed by atoms with van der Waals surface area (Å²) >= 11 is 0. The van der Waals surface area contributed by atoms with Crippen LogP contribution in [0.2, 0.25) is 0 Å². The third kappa shape index (κ3) is 7.26. The van der Waals surface area contributed by atoms with Gasteiger partial charge in [0.2, 0.25) is 0 Å². The van der Waals surface area contributed by atoms with Gasteiger partial charge < -0.3 is 25.2 Å². The van der Waals surface area contributed by atoms with E-state index in [2.05, 4.69) is 100 Å². The Hall–Kier alpha value is -2.52. The molecule has 0 saturated carbocycles. The Kier molecular flexibility index (Phi) is 13.0. The van der Waals surface area contributed by atoms with Gasteiger partial charge in [0, 0.05) is 31.5 Å². The van der Waals surface area contributed by atoms with E-state index in [9.17, 15) is 0 Å². The number of aromatic nitrogens is 1. The number of hydrogen-bond acceptors (Lipinski definition) is 1. The number of nitrogens with zero attached hydrogens (tertiary/aromatic N) is 2. The van der Waals surface area contributed by atoms with Crippen LogP contribution in [-0.4, -0.2) is 4.98 Å². The Labute approximate surface area is 238 Å². The number of aryl methyl sites for hydroxylation is 2. The maximum atomic E-state index is 5.46. The Bertz CT molecular complexity index is 1200. The summed E-state index contributed by atoms with van der Waals surface area (Å²) in [5.41, 5.74) is 9.04. The minimum atomic E-state index is -0.176. The molecule has 0 fully saturated rings. The molecule has 1 heterocycles. The quantitative estimate of drug-likeness (QED) is 0.139. The predicted molar refractivity (Wildman–Crippen MR) is 152 cm³/mol. The van der Waals surface area contributed by atoms with Crippen LogP contribution < -0.4 is 0 Å². The largest absolute Gasteiger partial charge is 0.673 e. The van der Waals surface area contributed by atoms with Crippen LogP contribution in [0.1, 0.15) is 67.1 Å². The van der Waals surface area contributed by atoms with Crippen molar-refractivity contribution in [3.05, 3.63) is 139 Å². The first-order valence-corrected chi connectivity index (χ1v) is 11.9. The van der Waals surface area contributed by atoms with Gasteiger partial charge in [0.05, 0.1) is 0 Å². The number of benzene rings is 3. The molecule has 0 saturated heterocycles. The number of pyridine rings is 1. The number of hydrogen-bond donors (Lipinski definition) is 0. The van der Waals surface area contributed by atoms with Crippen LogP contribution in [-0.2, 0) is 32.3 Å². The van der Waals surface area contributed by atoms with Gasteiger partial charge in [0.1, 0.15) is 0 Å². The Morgan fingerprint density at radius 1 is 0.833 bits per heavy atom. The molecule has 1 unspecified atom stereocenters. The summed E-state index contributed by atoms with van der Waals surface area (Å²) in [7, 11) is 0. The van der Waals surface area contributed by atoms with E-state index in [0.29, 0.717) is 5.92 Å². The van der Waals surface area contributed by atoms with Crippen molar-refractivity contribution in [2.45, 2.75) is 52.5 Å². The van der Waals surface area contributed by atoms with E-state index in [1.807, 2.05) is 18.2 Å². The van der Waals surface area contributed by atoms with E-state index >= 15 is 0 Å². The van der Waals surface area contributed by atoms with Gasteiger partial charge in [0.25, 0.3) is 0 Å². The summed E-state index contributed by atoms with van der Waals surface area (Å²) < 4.78 is 0. The predicted octanol–water partition coefficient (Wildman–Crippen LogP) is 9.63. The normalized spacial score (nSPS) is 11.0. The standard InChI is InChI=1S/C31H32N2.2CH3.Hf/c1-5-13-25-17-11-19-26(22(2)3)30(25)33-31(27-18-10-9-14-23(27)4)29-21-12-20-28(32-29)24-15-7-6-8-16-24;;;/h6-12,14-15,17-22,31H,5,13H2,1-4H3;2*1H3;/q-2;2*-1;. The van der Waals surface area contributed by atoms with Crippen molar-refractivity contribution in [3.63, 3.8) is 0 Å². The molecule has 188 valence electrons. The van der Waals surface area contributed by atoms with E-state index in [4.69, 9.17) is 10.3 Å². The van der Waals surface area contributed by atoms with E-state index in [0.717, 1.165) is 35.5 Å². The Balaban J connectivity index is 0.00000216. The third-order valence-corrected chi connectivity index (χ3v) is 6.07. The fraction of sp³-hybridized carbons (Fsp3) is 0.242. The first-order chi connectivity index (χ1) is 16.1. The molecule has 0 aliphatic rings. The molecule has 0 aliphatic heterocycles. The van der Waals surface area contributed by atoms with Crippen LogP contribution in [0.3, 0.4) is 0 Å². The molecule has 4 rings (SSSR count). The van der Waals surface area contributed by atoms with Crippen LogP contribution in [0.15, 0.2) is 84.9 Å². The van der Waals surface area contributed by atoms with Crippen molar-refractivity contribution in [1.29, 1.82) is 0 Å². The van der Waals surface area contributed by atoms with Crippen molar-refractivity contribution in [2.24, 2.45) is 0 Å². The van der Waals surface area contributed by atoms with Gasteiger partial charge in [0.15, 0.2) is 0 Å². The molecule has 1 atom stereocenters. The van der Waals surface area contributed by atoms with E-state index in [1.54, 1.807) is 0 Å². The fourth-order valence-electron chi connectivity index (χ4n) is 4.33. The average Bonchev–Trinajstić information content (AvgIpc) is 2.84. The second-order valence-electron chi connectivity index (χ2n) is 8.87. The zero-order valence-electron chi connectivity index (χ0n) is 22.5. The number of rotatable bonds is 8. The first-order valence-electron chi connectivity index (χ1n) is 11.9. The Morgan fingerprint density at radius 2 is 1.53 bits per heavy atom. The van der Waals surface area contributed by atoms with Crippen molar-refractivity contribution < 1.29 is 25.8 Å². The van der Waals surface area contributed by atoms with Gasteiger partial charge in [-0.2, -0.15) is 0 Å². The summed E-state index contributed by atoms with van der Waals surface area (Å²) in [6, 6.07) is 32.5. The molecule has 2 nitrogen and oxygen atoms in total. The molecule has 3 heteroatoms. The first kappa shape index (κ1) is 31.5. The van der Waals surface area contributed by atoms with Gasteiger partial charge in [-0.25, -0.2) is 0 Å². The molecular weight excluding hydrogens is 603 g/mol. The molecule has 4 aromatic rings. The summed E-state index contributed by atoms with van der Waals surface area (Å²) in [5, 5.41) is 5.46. The molecular formula is C33H38HfN2-4. The molecule has 1 aromatic heterocycles. The third-order valence-electron chi connectivity index (χ3n) is 6.07. The summed E-state index contributed by atoms with van der Waals surface area (Å²) in [5.74, 6) is 0.399. The van der Waals surface area contributed by atoms with E-state index in [-0.39, 0.29) is 46.7 Å². The Morgan fingerprint density at radius 3 is 2.19 bits per heavy atom. The van der Waals surface area contributed by atoms with E-state index < -0.39 is 0 Å². The molecule has 0 N–H and O–H groups in total. The van der Waals surface area contributed by atoms with Crippen LogP contribution in [0.4, 0.5) is 5.69 Å². The minimum Gasteiger partial charge on any atom is -0.673 e. The van der Waals surface area contributed by atoms with Crippen molar-refractivity contribution in [2.75, 3.05) is 0 Å². The summed E-state index contributed by atoms with van der Waals surface area (Å²) in [6.07, 6.45) is 2.11. The maximum absolute atomic E-state index is 5.46. The molecule has 3 aromatic carbocycles. The topological polar surface area (TPSA) is 27.0 Å². The van der Waals surface area contributed by atoms with E-state index in [1.165, 1.54) is 22.3 Å². The summed E-state index contributed by atoms with van der Waals surface area (Å²) in [4.78, 5) is 5.08. The van der Waals surface area contributed by atoms with Crippen molar-refractivity contribution >= 4 is 5.69 Å². The molecule has 0 aliphatic carbocycles. The second-order valence-corrected chi connectivity index (χ2v) is 8.87. The van der Waals surface area contributed by atoms with Gasteiger partial charge in [-0.3, -0.25) is 0 Å². The van der Waals surface area contributed by atoms with Crippen molar-refractivity contribution in [1.82, 2.24) is 4.98 Å². The summed E-state index contributed by atoms with van der Waals surface area (Å²) in [6.45, 7) is 8.88. The van der Waals surface area contributed by atoms with Gasteiger partial charge in [-0.15, -0.1) is 41.6 Å². The monoisotopic (exact) mass is 642 g/mol. The zero-order valence-corrected chi connectivity index (χ0v) is 26.1. The van der Waals surface area contributed by atoms with Crippen LogP contribution >= 0.6 is 0 Å². The van der Waals surface area contributed by atoms with Crippen LogP contribution in [0.5, 0.6) is 0 Å². The molecule has 0 bridgehead atoms. The minimum absolute atomic E-state index is 0. The van der Waals surface area contributed by atoms with Gasteiger partial charge >= 0.3 is 0 Å². The van der Waals surface area contributed by atoms with Crippen LogP contribution in [0, 0.1) is 27.8 Å². The van der Waals surface area contributed by atoms with Crippen molar-refractivity contribution in [3.8, 4) is 11.3 Å². The fourth-order valence-corrected chi connectivity index (χ4v) is 4.33. The van der Waals surface area contributed by atoms with Crippen LogP contribution in [0.25, 0.3) is 16.6 Å². The average molecular weight is 641 g/mol. The molecule has 0 radical (unpaired) electrons. The molecule has 36 heavy (non-hydrogen) atoms.